The molecule has 0 saturated heterocycles. The van der Waals surface area contributed by atoms with E-state index in [0.29, 0.717) is 5.56 Å². The highest BCUT2D eigenvalue weighted by Gasteiger charge is 2.17. The van der Waals surface area contributed by atoms with Crippen LogP contribution in [-0.4, -0.2) is 17.1 Å². The summed E-state index contributed by atoms with van der Waals surface area (Å²) in [4.78, 5) is 11.8. The van der Waals surface area contributed by atoms with Gasteiger partial charge in [-0.25, -0.2) is 4.39 Å². The van der Waals surface area contributed by atoms with Gasteiger partial charge in [-0.05, 0) is 38.0 Å². The molecule has 0 heterocycles. The zero-order chi connectivity index (χ0) is 15.8. The van der Waals surface area contributed by atoms with Crippen molar-refractivity contribution in [1.29, 1.82) is 0 Å². The minimum atomic E-state index is -0.879. The van der Waals surface area contributed by atoms with Crippen molar-refractivity contribution in [3.63, 3.8) is 0 Å². The molecule has 1 amide bonds. The maximum absolute atomic E-state index is 12.8. The normalized spacial score (nSPS) is 15.0. The number of hydrogen-bond acceptors (Lipinski definition) is 2. The lowest BCUT2D eigenvalue weighted by Crippen LogP contribution is -2.36. The zero-order valence-electron chi connectivity index (χ0n) is 12.6. The lowest BCUT2D eigenvalue weighted by molar-refractivity contribution is -0.117. The number of aliphatic hydroxyl groups is 1. The van der Waals surface area contributed by atoms with E-state index in [-0.39, 0.29) is 11.7 Å². The Labute approximate surface area is 125 Å². The van der Waals surface area contributed by atoms with Crippen molar-refractivity contribution in [2.45, 2.75) is 39.3 Å². The second-order valence-corrected chi connectivity index (χ2v) is 4.84. The van der Waals surface area contributed by atoms with Crippen molar-refractivity contribution < 1.29 is 14.3 Å². The Hall–Kier alpha value is -1.94. The summed E-state index contributed by atoms with van der Waals surface area (Å²) < 4.78 is 12.8. The standard InChI is InChI=1S/C17H22FNO2/c1-4-13(5-2)6-11-16(20)19-12(3)17(21)14-7-9-15(18)10-8-14/h4,6-12,17,21H,5H2,1-3H3,(H,19,20). The van der Waals surface area contributed by atoms with Gasteiger partial charge in [0.2, 0.25) is 5.91 Å². The van der Waals surface area contributed by atoms with Crippen LogP contribution in [-0.2, 0) is 4.79 Å². The van der Waals surface area contributed by atoms with Gasteiger partial charge in [0.15, 0.2) is 0 Å². The molecular weight excluding hydrogens is 269 g/mol. The summed E-state index contributed by atoms with van der Waals surface area (Å²) in [6, 6.07) is 5.11. The number of nitrogens with one attached hydrogen (secondary N) is 1. The van der Waals surface area contributed by atoms with Gasteiger partial charge in [-0.1, -0.05) is 36.8 Å². The number of carbonyl (C=O) groups excluding carboxylic acids is 1. The Morgan fingerprint density at radius 2 is 1.95 bits per heavy atom. The van der Waals surface area contributed by atoms with Crippen LogP contribution in [0.25, 0.3) is 0 Å². The summed E-state index contributed by atoms with van der Waals surface area (Å²) >= 11 is 0. The molecule has 2 unspecified atom stereocenters. The third-order valence-corrected chi connectivity index (χ3v) is 3.28. The summed E-state index contributed by atoms with van der Waals surface area (Å²) in [5, 5.41) is 12.8. The largest absolute Gasteiger partial charge is 0.386 e. The van der Waals surface area contributed by atoms with Crippen LogP contribution in [0.15, 0.2) is 48.1 Å². The number of rotatable bonds is 6. The van der Waals surface area contributed by atoms with Gasteiger partial charge in [0.1, 0.15) is 5.82 Å². The SMILES string of the molecule is CC=C(C=CC(=O)NC(C)C(O)c1ccc(F)cc1)CC. The van der Waals surface area contributed by atoms with Crippen LogP contribution in [0.5, 0.6) is 0 Å². The van der Waals surface area contributed by atoms with Gasteiger partial charge in [0.05, 0.1) is 12.1 Å². The first-order valence-corrected chi connectivity index (χ1v) is 7.05. The fourth-order valence-electron chi connectivity index (χ4n) is 1.90. The van der Waals surface area contributed by atoms with Crippen molar-refractivity contribution in [2.24, 2.45) is 0 Å². The monoisotopic (exact) mass is 291 g/mol. The second-order valence-electron chi connectivity index (χ2n) is 4.84. The summed E-state index contributed by atoms with van der Waals surface area (Å²) in [5.74, 6) is -0.625. The average Bonchev–Trinajstić information content (AvgIpc) is 2.48. The molecule has 1 rings (SSSR count). The maximum Gasteiger partial charge on any atom is 0.244 e. The van der Waals surface area contributed by atoms with Gasteiger partial charge in [-0.2, -0.15) is 0 Å². The van der Waals surface area contributed by atoms with E-state index in [1.807, 2.05) is 19.9 Å². The van der Waals surface area contributed by atoms with Gasteiger partial charge in [0, 0.05) is 6.08 Å². The fourth-order valence-corrected chi connectivity index (χ4v) is 1.90. The smallest absolute Gasteiger partial charge is 0.244 e. The number of allylic oxidation sites excluding steroid dienone is 3. The molecule has 0 aliphatic rings. The number of aliphatic hydroxyl groups excluding tert-OH is 1. The van der Waals surface area contributed by atoms with Crippen LogP contribution in [0.3, 0.4) is 0 Å². The molecule has 21 heavy (non-hydrogen) atoms. The molecule has 0 radical (unpaired) electrons. The van der Waals surface area contributed by atoms with Crippen LogP contribution in [0.4, 0.5) is 4.39 Å². The van der Waals surface area contributed by atoms with Crippen LogP contribution in [0, 0.1) is 5.82 Å². The predicted molar refractivity (Wildman–Crippen MR) is 82.2 cm³/mol. The molecule has 1 aromatic rings. The van der Waals surface area contributed by atoms with E-state index in [1.54, 1.807) is 13.0 Å². The molecule has 4 heteroatoms. The van der Waals surface area contributed by atoms with E-state index in [4.69, 9.17) is 0 Å². The Bertz CT molecular complexity index is 520. The number of carbonyl (C=O) groups is 1. The molecule has 114 valence electrons. The average molecular weight is 291 g/mol. The van der Waals surface area contributed by atoms with E-state index in [9.17, 15) is 14.3 Å². The zero-order valence-corrected chi connectivity index (χ0v) is 12.6. The predicted octanol–water partition coefficient (Wildman–Crippen LogP) is 3.28. The third-order valence-electron chi connectivity index (χ3n) is 3.28. The van der Waals surface area contributed by atoms with E-state index in [2.05, 4.69) is 5.32 Å². The first-order valence-electron chi connectivity index (χ1n) is 7.05. The molecule has 3 nitrogen and oxygen atoms in total. The quantitative estimate of drug-likeness (QED) is 0.624. The lowest BCUT2D eigenvalue weighted by Gasteiger charge is -2.20. The Morgan fingerprint density at radius 1 is 1.33 bits per heavy atom. The highest BCUT2D eigenvalue weighted by Crippen LogP contribution is 2.17. The van der Waals surface area contributed by atoms with Gasteiger partial charge in [-0.3, -0.25) is 4.79 Å². The number of amides is 1. The van der Waals surface area contributed by atoms with Crippen molar-refractivity contribution in [1.82, 2.24) is 5.32 Å². The van der Waals surface area contributed by atoms with Crippen LogP contribution in [0.1, 0.15) is 38.9 Å². The summed E-state index contributed by atoms with van der Waals surface area (Å²) in [7, 11) is 0. The molecule has 0 bridgehead atoms. The molecule has 0 saturated carbocycles. The first-order chi connectivity index (χ1) is 9.97. The van der Waals surface area contributed by atoms with Crippen LogP contribution < -0.4 is 5.32 Å². The summed E-state index contributed by atoms with van der Waals surface area (Å²) in [5.41, 5.74) is 1.63. The van der Waals surface area contributed by atoms with Crippen molar-refractivity contribution in [2.75, 3.05) is 0 Å². The number of halogens is 1. The molecule has 2 atom stereocenters. The Kier molecular flexibility index (Phi) is 6.82. The molecule has 2 N–H and O–H groups in total. The third kappa shape index (κ3) is 5.52. The van der Waals surface area contributed by atoms with Crippen LogP contribution in [0.2, 0.25) is 0 Å². The van der Waals surface area contributed by atoms with Gasteiger partial charge in [-0.15, -0.1) is 0 Å². The van der Waals surface area contributed by atoms with Crippen molar-refractivity contribution in [3.8, 4) is 0 Å². The van der Waals surface area contributed by atoms with Gasteiger partial charge < -0.3 is 10.4 Å². The van der Waals surface area contributed by atoms with E-state index >= 15 is 0 Å². The second kappa shape index (κ2) is 8.37. The van der Waals surface area contributed by atoms with Crippen molar-refractivity contribution in [3.05, 3.63) is 59.4 Å². The molecule has 0 aromatic heterocycles. The van der Waals surface area contributed by atoms with Gasteiger partial charge >= 0.3 is 0 Å². The minimum Gasteiger partial charge on any atom is -0.386 e. The van der Waals surface area contributed by atoms with Gasteiger partial charge in [0.25, 0.3) is 0 Å². The molecule has 0 spiro atoms. The molecule has 1 aromatic carbocycles. The Balaban J connectivity index is 2.61. The number of benzene rings is 1. The topological polar surface area (TPSA) is 49.3 Å². The van der Waals surface area contributed by atoms with Crippen LogP contribution >= 0.6 is 0 Å². The van der Waals surface area contributed by atoms with E-state index < -0.39 is 12.1 Å². The Morgan fingerprint density at radius 3 is 2.48 bits per heavy atom. The molecule has 0 fully saturated rings. The summed E-state index contributed by atoms with van der Waals surface area (Å²) in [6.07, 6.45) is 5.13. The molecule has 0 aliphatic carbocycles. The lowest BCUT2D eigenvalue weighted by atomic mass is 10.0. The first kappa shape index (κ1) is 17.1. The minimum absolute atomic E-state index is 0.267. The maximum atomic E-state index is 12.8. The van der Waals surface area contributed by atoms with E-state index in [0.717, 1.165) is 12.0 Å². The number of hydrogen-bond donors (Lipinski definition) is 2. The fraction of sp³-hybridized carbons (Fsp3) is 0.353. The molecular formula is C17H22FNO2. The highest BCUT2D eigenvalue weighted by molar-refractivity contribution is 5.88. The molecule has 0 aliphatic heterocycles. The van der Waals surface area contributed by atoms with E-state index in [1.165, 1.54) is 30.3 Å². The van der Waals surface area contributed by atoms with Crippen molar-refractivity contribution >= 4 is 5.91 Å². The highest BCUT2D eigenvalue weighted by atomic mass is 19.1. The summed E-state index contributed by atoms with van der Waals surface area (Å²) in [6.45, 7) is 5.64.